The topological polar surface area (TPSA) is 120 Å². The first-order chi connectivity index (χ1) is 11.3. The average molecular weight is 341 g/mol. The Balaban J connectivity index is 2.97. The minimum absolute atomic E-state index is 0.0941. The molecule has 0 saturated carbocycles. The van der Waals surface area contributed by atoms with Crippen molar-refractivity contribution in [2.24, 2.45) is 5.92 Å². The maximum absolute atomic E-state index is 12.4. The quantitative estimate of drug-likeness (QED) is 0.679. The molecule has 0 saturated heterocycles. The molecule has 1 aromatic heterocycles. The van der Waals surface area contributed by atoms with Crippen molar-refractivity contribution in [3.05, 3.63) is 6.07 Å². The van der Waals surface area contributed by atoms with E-state index in [1.165, 1.54) is 20.3 Å². The Labute approximate surface area is 140 Å². The van der Waals surface area contributed by atoms with E-state index >= 15 is 0 Å². The van der Waals surface area contributed by atoms with Crippen molar-refractivity contribution in [3.8, 4) is 17.8 Å². The van der Waals surface area contributed by atoms with E-state index in [2.05, 4.69) is 15.3 Å². The fourth-order valence-corrected chi connectivity index (χ4v) is 1.84. The van der Waals surface area contributed by atoms with E-state index in [0.717, 1.165) is 0 Å². The lowest BCUT2D eigenvalue weighted by Gasteiger charge is -2.22. The van der Waals surface area contributed by atoms with Gasteiger partial charge in [0.25, 0.3) is 5.91 Å². The Morgan fingerprint density at radius 3 is 2.12 bits per heavy atom. The number of hydrogen-bond donors (Lipinski definition) is 2. The van der Waals surface area contributed by atoms with E-state index in [0.29, 0.717) is 0 Å². The molecule has 24 heavy (non-hydrogen) atoms. The van der Waals surface area contributed by atoms with Gasteiger partial charge in [0, 0.05) is 0 Å². The summed E-state index contributed by atoms with van der Waals surface area (Å²) in [5.74, 6) is -1.46. The van der Waals surface area contributed by atoms with Crippen LogP contribution in [-0.2, 0) is 9.59 Å². The molecule has 2 atom stereocenters. The van der Waals surface area contributed by atoms with Gasteiger partial charge in [-0.05, 0) is 12.3 Å². The first kappa shape index (κ1) is 19.5. The average Bonchev–Trinajstić information content (AvgIpc) is 2.56. The minimum Gasteiger partial charge on any atom is -0.481 e. The van der Waals surface area contributed by atoms with Crippen molar-refractivity contribution in [1.82, 2.24) is 15.3 Å². The second-order valence-electron chi connectivity index (χ2n) is 5.33. The van der Waals surface area contributed by atoms with Crippen LogP contribution in [0.15, 0.2) is 6.07 Å². The molecule has 0 radical (unpaired) electrons. The molecule has 1 rings (SSSR count). The summed E-state index contributed by atoms with van der Waals surface area (Å²) in [4.78, 5) is 31.4. The van der Waals surface area contributed by atoms with Gasteiger partial charge < -0.3 is 24.6 Å². The van der Waals surface area contributed by atoms with Crippen LogP contribution in [0.3, 0.4) is 0 Å². The number of rotatable bonds is 9. The fourth-order valence-electron chi connectivity index (χ4n) is 1.84. The molecule has 0 bridgehead atoms. The predicted molar refractivity (Wildman–Crippen MR) is 84.2 cm³/mol. The lowest BCUT2D eigenvalue weighted by Crippen LogP contribution is -2.48. The van der Waals surface area contributed by atoms with Crippen LogP contribution in [-0.4, -0.2) is 53.3 Å². The molecule has 9 nitrogen and oxygen atoms in total. The molecular weight excluding hydrogens is 318 g/mol. The van der Waals surface area contributed by atoms with Gasteiger partial charge in [0.05, 0.1) is 20.3 Å². The molecule has 0 aromatic carbocycles. The molecular formula is C15H23N3O6. The number of ether oxygens (including phenoxy) is 3. The van der Waals surface area contributed by atoms with Gasteiger partial charge >= 0.3 is 12.0 Å². The fraction of sp³-hybridized carbons (Fsp3) is 0.600. The first-order valence-electron chi connectivity index (χ1n) is 7.49. The Kier molecular flexibility index (Phi) is 7.22. The zero-order valence-corrected chi connectivity index (χ0v) is 14.4. The van der Waals surface area contributed by atoms with Crippen LogP contribution >= 0.6 is 0 Å². The molecule has 1 heterocycles. The number of carbonyl (C=O) groups excluding carboxylic acids is 1. The predicted octanol–water partition coefficient (Wildman–Crippen LogP) is 0.877. The number of carboxylic acid groups (broad SMARTS) is 1. The minimum atomic E-state index is -1.10. The molecule has 1 aromatic rings. The van der Waals surface area contributed by atoms with Crippen LogP contribution in [0, 0.1) is 5.92 Å². The number of methoxy groups -OCH3 is 2. The summed E-state index contributed by atoms with van der Waals surface area (Å²) < 4.78 is 15.6. The number of aromatic nitrogens is 2. The normalized spacial score (nSPS) is 13.1. The van der Waals surface area contributed by atoms with Crippen LogP contribution in [0.4, 0.5) is 0 Å². The standard InChI is InChI=1S/C15H23N3O6/c1-6-9(14(20)21)16-13(19)12(8(2)3)24-15-17-10(22-4)7-11(18-15)23-5/h7-9,12H,6H2,1-5H3,(H,16,19)(H,20,21)/t9-,12?/m0/s1. The molecule has 0 spiro atoms. The Hall–Kier alpha value is -2.58. The van der Waals surface area contributed by atoms with Crippen molar-refractivity contribution in [2.75, 3.05) is 14.2 Å². The third kappa shape index (κ3) is 5.25. The summed E-state index contributed by atoms with van der Waals surface area (Å²) in [6, 6.07) is 0.390. The summed E-state index contributed by atoms with van der Waals surface area (Å²) in [6.45, 7) is 5.20. The highest BCUT2D eigenvalue weighted by Gasteiger charge is 2.29. The highest BCUT2D eigenvalue weighted by molar-refractivity contribution is 5.86. The zero-order chi connectivity index (χ0) is 18.3. The SMILES string of the molecule is CC[C@H](NC(=O)C(Oc1nc(OC)cc(OC)n1)C(C)C)C(=O)O. The molecule has 1 amide bonds. The van der Waals surface area contributed by atoms with Crippen LogP contribution in [0.1, 0.15) is 27.2 Å². The number of hydrogen-bond acceptors (Lipinski definition) is 7. The first-order valence-corrected chi connectivity index (χ1v) is 7.49. The maximum Gasteiger partial charge on any atom is 0.326 e. The van der Waals surface area contributed by atoms with Crippen molar-refractivity contribution in [2.45, 2.75) is 39.3 Å². The molecule has 2 N–H and O–H groups in total. The molecule has 0 aliphatic carbocycles. The highest BCUT2D eigenvalue weighted by atomic mass is 16.5. The summed E-state index contributed by atoms with van der Waals surface area (Å²) >= 11 is 0. The summed E-state index contributed by atoms with van der Waals surface area (Å²) in [6.07, 6.45) is -0.703. The number of carboxylic acids is 1. The van der Waals surface area contributed by atoms with Gasteiger partial charge in [0.15, 0.2) is 6.10 Å². The van der Waals surface area contributed by atoms with Crippen molar-refractivity contribution in [3.63, 3.8) is 0 Å². The van der Waals surface area contributed by atoms with Gasteiger partial charge in [-0.15, -0.1) is 0 Å². The largest absolute Gasteiger partial charge is 0.481 e. The van der Waals surface area contributed by atoms with Crippen LogP contribution in [0.5, 0.6) is 17.8 Å². The lowest BCUT2D eigenvalue weighted by atomic mass is 10.1. The Morgan fingerprint density at radius 2 is 1.75 bits per heavy atom. The van der Waals surface area contributed by atoms with Crippen molar-refractivity contribution < 1.29 is 28.9 Å². The summed E-state index contributed by atoms with van der Waals surface area (Å²) in [5.41, 5.74) is 0. The van der Waals surface area contributed by atoms with Gasteiger partial charge in [0.1, 0.15) is 6.04 Å². The van der Waals surface area contributed by atoms with Gasteiger partial charge in [-0.1, -0.05) is 20.8 Å². The summed E-state index contributed by atoms with van der Waals surface area (Å²) in [5, 5.41) is 11.5. The third-order valence-corrected chi connectivity index (χ3v) is 3.20. The van der Waals surface area contributed by atoms with E-state index in [1.54, 1.807) is 20.8 Å². The number of nitrogens with zero attached hydrogens (tertiary/aromatic N) is 2. The van der Waals surface area contributed by atoms with E-state index in [9.17, 15) is 9.59 Å². The molecule has 0 aliphatic rings. The van der Waals surface area contributed by atoms with Crippen LogP contribution < -0.4 is 19.5 Å². The molecule has 9 heteroatoms. The van der Waals surface area contributed by atoms with Crippen LogP contribution in [0.2, 0.25) is 0 Å². The zero-order valence-electron chi connectivity index (χ0n) is 14.4. The molecule has 134 valence electrons. The number of carbonyl (C=O) groups is 2. The molecule has 0 fully saturated rings. The lowest BCUT2D eigenvalue weighted by molar-refractivity contribution is -0.143. The maximum atomic E-state index is 12.4. The van der Waals surface area contributed by atoms with E-state index in [1.807, 2.05) is 0 Å². The van der Waals surface area contributed by atoms with E-state index in [4.69, 9.17) is 19.3 Å². The van der Waals surface area contributed by atoms with Gasteiger partial charge in [-0.2, -0.15) is 9.97 Å². The number of amides is 1. The van der Waals surface area contributed by atoms with Crippen molar-refractivity contribution in [1.29, 1.82) is 0 Å². The number of aliphatic carboxylic acids is 1. The van der Waals surface area contributed by atoms with Crippen molar-refractivity contribution >= 4 is 11.9 Å². The smallest absolute Gasteiger partial charge is 0.326 e. The van der Waals surface area contributed by atoms with Crippen LogP contribution in [0.25, 0.3) is 0 Å². The third-order valence-electron chi connectivity index (χ3n) is 3.20. The van der Waals surface area contributed by atoms with Gasteiger partial charge in [-0.3, -0.25) is 4.79 Å². The summed E-state index contributed by atoms with van der Waals surface area (Å²) in [7, 11) is 2.85. The second-order valence-corrected chi connectivity index (χ2v) is 5.33. The Bertz CT molecular complexity index is 556. The van der Waals surface area contributed by atoms with Gasteiger partial charge in [-0.25, -0.2) is 4.79 Å². The second kappa shape index (κ2) is 8.90. The van der Waals surface area contributed by atoms with E-state index in [-0.39, 0.29) is 30.1 Å². The monoisotopic (exact) mass is 341 g/mol. The highest BCUT2D eigenvalue weighted by Crippen LogP contribution is 2.21. The molecule has 0 aliphatic heterocycles. The van der Waals surface area contributed by atoms with E-state index < -0.39 is 24.0 Å². The molecule has 1 unspecified atom stereocenters. The number of nitrogens with one attached hydrogen (secondary N) is 1. The van der Waals surface area contributed by atoms with Gasteiger partial charge in [0.2, 0.25) is 11.8 Å². The Morgan fingerprint density at radius 1 is 1.21 bits per heavy atom.